The summed E-state index contributed by atoms with van der Waals surface area (Å²) in [5, 5.41) is 24.7. The minimum Gasteiger partial charge on any atom is -0.569 e. The van der Waals surface area contributed by atoms with Gasteiger partial charge in [0.1, 0.15) is 0 Å². The van der Waals surface area contributed by atoms with Crippen LogP contribution in [0.5, 0.6) is 0 Å². The van der Waals surface area contributed by atoms with Crippen LogP contribution in [0.1, 0.15) is 26.7 Å². The second kappa shape index (κ2) is 6.76. The third-order valence-electron chi connectivity index (χ3n) is 2.61. The van der Waals surface area contributed by atoms with Gasteiger partial charge in [-0.2, -0.15) is 0 Å². The average Bonchev–Trinajstić information content (AvgIpc) is 2.85. The highest BCUT2D eigenvalue weighted by molar-refractivity contribution is 5.70. The molecule has 1 heterocycles. The van der Waals surface area contributed by atoms with Gasteiger partial charge in [0.05, 0.1) is 24.0 Å². The Kier molecular flexibility index (Phi) is 5.34. The van der Waals surface area contributed by atoms with Crippen LogP contribution in [0.15, 0.2) is 5.28 Å². The van der Waals surface area contributed by atoms with Gasteiger partial charge in [0.25, 0.3) is 6.29 Å². The van der Waals surface area contributed by atoms with Crippen molar-refractivity contribution in [2.45, 2.75) is 33.0 Å². The fourth-order valence-corrected chi connectivity index (χ4v) is 1.55. The standard InChI is InChI=1S/C10H17N3O6/c1-3-9(14)18-7(2)19-11-13(17)12-5-4-8(6-12)10(15)16/h7-8H,3-6H2,1-2H3,(H,15,16). The van der Waals surface area contributed by atoms with Gasteiger partial charge < -0.3 is 15.1 Å². The molecule has 9 heteroatoms. The van der Waals surface area contributed by atoms with E-state index in [4.69, 9.17) is 14.7 Å². The topological polar surface area (TPSA) is 114 Å². The summed E-state index contributed by atoms with van der Waals surface area (Å²) in [6.45, 7) is 3.42. The van der Waals surface area contributed by atoms with Gasteiger partial charge >= 0.3 is 11.9 Å². The second-order valence-corrected chi connectivity index (χ2v) is 4.09. The molecule has 0 saturated carbocycles. The van der Waals surface area contributed by atoms with Gasteiger partial charge in [-0.15, -0.1) is 5.01 Å². The maximum absolute atomic E-state index is 11.5. The van der Waals surface area contributed by atoms with Gasteiger partial charge in [-0.1, -0.05) is 6.92 Å². The fraction of sp³-hybridized carbons (Fsp3) is 0.800. The first-order chi connectivity index (χ1) is 8.93. The fourth-order valence-electron chi connectivity index (χ4n) is 1.55. The van der Waals surface area contributed by atoms with Crippen molar-refractivity contribution in [3.63, 3.8) is 0 Å². The van der Waals surface area contributed by atoms with Crippen molar-refractivity contribution in [1.82, 2.24) is 5.01 Å². The number of nitrogens with zero attached hydrogens (tertiary/aromatic N) is 3. The predicted octanol–water partition coefficient (Wildman–Crippen LogP) is 0.501. The third-order valence-corrected chi connectivity index (χ3v) is 2.61. The molecule has 1 aliphatic heterocycles. The maximum Gasteiger partial charge on any atom is 0.308 e. The van der Waals surface area contributed by atoms with Crippen molar-refractivity contribution in [3.8, 4) is 0 Å². The summed E-state index contributed by atoms with van der Waals surface area (Å²) in [5.74, 6) is -1.99. The number of ether oxygens (including phenoxy) is 1. The Morgan fingerprint density at radius 1 is 1.63 bits per heavy atom. The van der Waals surface area contributed by atoms with Crippen LogP contribution in [-0.4, -0.2) is 46.4 Å². The Bertz CT molecular complexity index is 372. The molecule has 108 valence electrons. The van der Waals surface area contributed by atoms with Crippen molar-refractivity contribution >= 4 is 11.9 Å². The lowest BCUT2D eigenvalue weighted by atomic mass is 10.1. The highest BCUT2D eigenvalue weighted by Gasteiger charge is 2.33. The molecule has 2 atom stereocenters. The quantitative estimate of drug-likeness (QED) is 0.247. The smallest absolute Gasteiger partial charge is 0.308 e. The Morgan fingerprint density at radius 2 is 2.32 bits per heavy atom. The lowest BCUT2D eigenvalue weighted by molar-refractivity contribution is -0.709. The number of hydrogen-bond donors (Lipinski definition) is 1. The summed E-state index contributed by atoms with van der Waals surface area (Å²) < 4.78 is 4.74. The van der Waals surface area contributed by atoms with Crippen molar-refractivity contribution in [2.24, 2.45) is 11.2 Å². The number of carboxylic acids is 1. The largest absolute Gasteiger partial charge is 0.569 e. The van der Waals surface area contributed by atoms with Gasteiger partial charge in [-0.3, -0.25) is 14.4 Å². The molecule has 0 spiro atoms. The second-order valence-electron chi connectivity index (χ2n) is 4.09. The molecule has 2 unspecified atom stereocenters. The summed E-state index contributed by atoms with van der Waals surface area (Å²) in [6.07, 6.45) is -0.396. The first-order valence-corrected chi connectivity index (χ1v) is 5.95. The zero-order valence-corrected chi connectivity index (χ0v) is 10.8. The number of aliphatic carboxylic acids is 1. The highest BCUT2D eigenvalue weighted by atomic mass is 16.8. The maximum atomic E-state index is 11.5. The Hall–Kier alpha value is -2.06. The summed E-state index contributed by atoms with van der Waals surface area (Å²) in [7, 11) is 0. The monoisotopic (exact) mass is 275 g/mol. The number of hydrazine groups is 1. The molecular weight excluding hydrogens is 258 g/mol. The summed E-state index contributed by atoms with van der Waals surface area (Å²) in [6, 6.07) is 0. The van der Waals surface area contributed by atoms with Crippen molar-refractivity contribution in [3.05, 3.63) is 5.21 Å². The van der Waals surface area contributed by atoms with Crippen LogP contribution < -0.4 is 0 Å². The molecule has 1 fully saturated rings. The third kappa shape index (κ3) is 4.60. The number of hydrogen-bond acceptors (Lipinski definition) is 6. The number of rotatable bonds is 6. The van der Waals surface area contributed by atoms with E-state index in [1.807, 2.05) is 0 Å². The molecule has 1 saturated heterocycles. The lowest BCUT2D eigenvalue weighted by Crippen LogP contribution is -2.30. The molecule has 0 aromatic rings. The normalized spacial score (nSPS) is 21.1. The lowest BCUT2D eigenvalue weighted by Gasteiger charge is -2.13. The molecule has 1 aliphatic rings. The van der Waals surface area contributed by atoms with E-state index in [0.717, 1.165) is 0 Å². The minimum absolute atomic E-state index is 0.0782. The van der Waals surface area contributed by atoms with Crippen molar-refractivity contribution in [2.75, 3.05) is 13.1 Å². The van der Waals surface area contributed by atoms with Crippen LogP contribution in [0.25, 0.3) is 0 Å². The van der Waals surface area contributed by atoms with E-state index in [1.54, 1.807) is 6.92 Å². The van der Waals surface area contributed by atoms with Crippen LogP contribution in [0.2, 0.25) is 0 Å². The van der Waals surface area contributed by atoms with Crippen LogP contribution in [0, 0.1) is 11.1 Å². The van der Waals surface area contributed by atoms with Crippen LogP contribution in [0.4, 0.5) is 0 Å². The molecule has 19 heavy (non-hydrogen) atoms. The van der Waals surface area contributed by atoms with E-state index in [-0.39, 0.29) is 24.5 Å². The molecular formula is C10H17N3O6. The van der Waals surface area contributed by atoms with Crippen molar-refractivity contribution in [1.29, 1.82) is 0 Å². The molecule has 0 bridgehead atoms. The Balaban J connectivity index is 2.41. The van der Waals surface area contributed by atoms with E-state index in [9.17, 15) is 14.8 Å². The molecule has 0 aromatic carbocycles. The van der Waals surface area contributed by atoms with Gasteiger partial charge in [0.2, 0.25) is 5.28 Å². The highest BCUT2D eigenvalue weighted by Crippen LogP contribution is 2.16. The first-order valence-electron chi connectivity index (χ1n) is 5.95. The molecule has 1 N–H and O–H groups in total. The van der Waals surface area contributed by atoms with Gasteiger partial charge in [-0.25, -0.2) is 0 Å². The van der Waals surface area contributed by atoms with E-state index >= 15 is 0 Å². The molecule has 0 radical (unpaired) electrons. The summed E-state index contributed by atoms with van der Waals surface area (Å²) in [5.41, 5.74) is 0. The molecule has 0 aromatic heterocycles. The number of carboxylic acid groups (broad SMARTS) is 1. The Labute approximate surface area is 109 Å². The first kappa shape index (κ1) is 15.0. The Morgan fingerprint density at radius 3 is 2.84 bits per heavy atom. The van der Waals surface area contributed by atoms with Crippen LogP contribution >= 0.6 is 0 Å². The van der Waals surface area contributed by atoms with E-state index in [2.05, 4.69) is 5.28 Å². The number of carbonyl (C=O) groups excluding carboxylic acids is 1. The summed E-state index contributed by atoms with van der Waals surface area (Å²) in [4.78, 5) is 26.5. The average molecular weight is 275 g/mol. The summed E-state index contributed by atoms with van der Waals surface area (Å²) >= 11 is 0. The van der Waals surface area contributed by atoms with E-state index in [0.29, 0.717) is 6.42 Å². The number of carbonyl (C=O) groups is 2. The van der Waals surface area contributed by atoms with E-state index < -0.39 is 24.1 Å². The molecule has 0 amide bonds. The molecule has 9 nitrogen and oxygen atoms in total. The van der Waals surface area contributed by atoms with Gasteiger partial charge in [0, 0.05) is 13.3 Å². The van der Waals surface area contributed by atoms with Crippen LogP contribution in [0.3, 0.4) is 0 Å². The van der Waals surface area contributed by atoms with Gasteiger partial charge in [-0.05, 0) is 6.42 Å². The SMILES string of the molecule is CCC(=O)OC(C)ON=[N+]([O-])N1CCC(C(=O)O)C1. The minimum atomic E-state index is -0.971. The molecule has 1 rings (SSSR count). The van der Waals surface area contributed by atoms with Gasteiger partial charge in [0.15, 0.2) is 0 Å². The molecule has 0 aliphatic carbocycles. The van der Waals surface area contributed by atoms with Crippen molar-refractivity contribution < 1.29 is 29.2 Å². The predicted molar refractivity (Wildman–Crippen MR) is 60.3 cm³/mol. The zero-order valence-electron chi connectivity index (χ0n) is 10.8. The number of esters is 1. The zero-order chi connectivity index (χ0) is 14.4. The van der Waals surface area contributed by atoms with Crippen LogP contribution in [-0.2, 0) is 19.2 Å². The van der Waals surface area contributed by atoms with E-state index in [1.165, 1.54) is 11.9 Å².